The molecular weight excluding hydrogens is 562 g/mol. The zero-order valence-electron chi connectivity index (χ0n) is 22.0. The van der Waals surface area contributed by atoms with Crippen LogP contribution in [0.25, 0.3) is 22.2 Å². The van der Waals surface area contributed by atoms with Crippen LogP contribution in [-0.4, -0.2) is 44.1 Å². The normalized spacial score (nSPS) is 11.6. The molecule has 0 radical (unpaired) electrons. The molecule has 0 amide bonds. The maximum Gasteiger partial charge on any atom is 0.323 e. The number of carboxylic acid groups (broad SMARTS) is 1. The molecule has 0 aliphatic carbocycles. The Morgan fingerprint density at radius 2 is 1.81 bits per heavy atom. The number of rotatable bonds is 12. The highest BCUT2D eigenvalue weighted by Gasteiger charge is 2.23. The Morgan fingerprint density at radius 3 is 2.57 bits per heavy atom. The minimum atomic E-state index is -1.22. The van der Waals surface area contributed by atoms with Gasteiger partial charge in [-0.2, -0.15) is 5.26 Å². The summed E-state index contributed by atoms with van der Waals surface area (Å²) in [6.07, 6.45) is 1.50. The molecule has 5 aromatic rings. The van der Waals surface area contributed by atoms with Crippen molar-refractivity contribution >= 4 is 28.6 Å². The average molecular weight is 586 g/mol. The Balaban J connectivity index is 1.47. The molecule has 2 heterocycles. The van der Waals surface area contributed by atoms with Gasteiger partial charge in [0.1, 0.15) is 42.3 Å². The summed E-state index contributed by atoms with van der Waals surface area (Å²) < 4.78 is 17.3. The van der Waals surface area contributed by atoms with Crippen molar-refractivity contribution in [3.05, 3.63) is 100 Å². The molecule has 42 heavy (non-hydrogen) atoms. The van der Waals surface area contributed by atoms with Gasteiger partial charge in [0.2, 0.25) is 0 Å². The van der Waals surface area contributed by atoms with E-state index < -0.39 is 18.6 Å². The minimum Gasteiger partial charge on any atom is -0.488 e. The first-order valence-electron chi connectivity index (χ1n) is 12.8. The van der Waals surface area contributed by atoms with Gasteiger partial charge in [0.15, 0.2) is 11.3 Å². The Morgan fingerprint density at radius 1 is 1.02 bits per heavy atom. The number of benzene rings is 3. The predicted molar refractivity (Wildman–Crippen MR) is 152 cm³/mol. The van der Waals surface area contributed by atoms with Gasteiger partial charge in [-0.3, -0.25) is 10.1 Å². The van der Waals surface area contributed by atoms with Crippen LogP contribution in [0.4, 0.5) is 0 Å². The molecule has 0 aliphatic heterocycles. The number of hydrogen-bond acceptors (Lipinski definition) is 10. The summed E-state index contributed by atoms with van der Waals surface area (Å²) in [5, 5.41) is 39.4. The number of ether oxygens (including phenoxy) is 2. The van der Waals surface area contributed by atoms with Gasteiger partial charge in [-0.1, -0.05) is 60.1 Å². The molecule has 3 aromatic carbocycles. The quantitative estimate of drug-likeness (QED) is 0.189. The fourth-order valence-corrected chi connectivity index (χ4v) is 4.57. The van der Waals surface area contributed by atoms with Gasteiger partial charge in [-0.05, 0) is 33.6 Å². The lowest BCUT2D eigenvalue weighted by molar-refractivity contribution is -0.140. The van der Waals surface area contributed by atoms with E-state index in [1.54, 1.807) is 18.2 Å². The average Bonchev–Trinajstić information content (AvgIpc) is 3.51. The number of carbonyl (C=O) groups is 1. The third-order valence-electron chi connectivity index (χ3n) is 6.45. The van der Waals surface area contributed by atoms with Crippen LogP contribution in [0.5, 0.6) is 11.5 Å². The van der Waals surface area contributed by atoms with Crippen molar-refractivity contribution in [1.82, 2.24) is 20.6 Å². The van der Waals surface area contributed by atoms with Crippen molar-refractivity contribution in [1.29, 1.82) is 5.26 Å². The first-order valence-corrected chi connectivity index (χ1v) is 13.1. The molecule has 212 valence electrons. The monoisotopic (exact) mass is 585 g/mol. The van der Waals surface area contributed by atoms with Crippen molar-refractivity contribution in [2.24, 2.45) is 0 Å². The molecule has 0 spiro atoms. The predicted octanol–water partition coefficient (Wildman–Crippen LogP) is 4.50. The summed E-state index contributed by atoms with van der Waals surface area (Å²) in [5.74, 6) is -0.609. The summed E-state index contributed by atoms with van der Waals surface area (Å²) in [7, 11) is 0. The maximum atomic E-state index is 11.5. The number of aliphatic hydroxyl groups excluding tert-OH is 1. The van der Waals surface area contributed by atoms with Crippen LogP contribution in [0.15, 0.2) is 77.6 Å². The SMILES string of the molecule is N#Cc1cc(COc2cc(OCc3cccc(-c4ccccc4)c3Cl)c3nonc3c2CNC(CO)C(=O)O)ccn1. The lowest BCUT2D eigenvalue weighted by Gasteiger charge is -2.17. The largest absolute Gasteiger partial charge is 0.488 e. The van der Waals surface area contributed by atoms with Gasteiger partial charge in [0, 0.05) is 35.5 Å². The third-order valence-corrected chi connectivity index (χ3v) is 6.90. The van der Waals surface area contributed by atoms with Crippen LogP contribution >= 0.6 is 11.6 Å². The van der Waals surface area contributed by atoms with E-state index in [9.17, 15) is 20.3 Å². The number of halogens is 1. The van der Waals surface area contributed by atoms with Gasteiger partial charge in [-0.25, -0.2) is 9.61 Å². The molecule has 5 rings (SSSR count). The smallest absolute Gasteiger partial charge is 0.323 e. The Labute approximate surface area is 244 Å². The van der Waals surface area contributed by atoms with Gasteiger partial charge < -0.3 is 19.7 Å². The van der Waals surface area contributed by atoms with Crippen molar-refractivity contribution in [2.45, 2.75) is 25.8 Å². The molecule has 0 bridgehead atoms. The van der Waals surface area contributed by atoms with Crippen LogP contribution in [0.1, 0.15) is 22.4 Å². The summed E-state index contributed by atoms with van der Waals surface area (Å²) >= 11 is 6.76. The number of pyridine rings is 1. The highest BCUT2D eigenvalue weighted by Crippen LogP contribution is 2.36. The zero-order chi connectivity index (χ0) is 29.5. The fraction of sp³-hybridized carbons (Fsp3) is 0.167. The number of aromatic nitrogens is 3. The van der Waals surface area contributed by atoms with E-state index in [1.807, 2.05) is 54.6 Å². The van der Waals surface area contributed by atoms with Crippen molar-refractivity contribution < 1.29 is 29.1 Å². The van der Waals surface area contributed by atoms with E-state index >= 15 is 0 Å². The standard InChI is InChI=1S/C30H24ClN5O6/c31-27-20(7-4-8-22(27)19-5-2-1-3-6-19)17-41-26-12-25(40-16-18-9-10-33-21(11-18)13-32)23(28-29(26)36-42-35-28)14-34-24(15-37)30(38)39/h1-12,24,34,37H,14-17H2,(H,38,39). The van der Waals surface area contributed by atoms with Crippen molar-refractivity contribution in [3.8, 4) is 28.7 Å². The van der Waals surface area contributed by atoms with Gasteiger partial charge in [0.05, 0.1) is 11.6 Å². The molecule has 12 heteroatoms. The lowest BCUT2D eigenvalue weighted by Crippen LogP contribution is -2.39. The number of nitriles is 1. The highest BCUT2D eigenvalue weighted by molar-refractivity contribution is 6.34. The van der Waals surface area contributed by atoms with Crippen LogP contribution in [-0.2, 0) is 24.6 Å². The molecule has 1 unspecified atom stereocenters. The number of carboxylic acids is 1. The number of nitrogens with zero attached hydrogens (tertiary/aromatic N) is 4. The van der Waals surface area contributed by atoms with E-state index in [2.05, 4.69) is 20.6 Å². The van der Waals surface area contributed by atoms with Crippen LogP contribution in [0, 0.1) is 11.3 Å². The summed E-state index contributed by atoms with van der Waals surface area (Å²) in [5.41, 5.74) is 4.52. The molecule has 0 saturated carbocycles. The molecule has 11 nitrogen and oxygen atoms in total. The molecular formula is C30H24ClN5O6. The second-order valence-corrected chi connectivity index (χ2v) is 9.53. The molecule has 1 atom stereocenters. The van der Waals surface area contributed by atoms with Crippen LogP contribution < -0.4 is 14.8 Å². The Hall–Kier alpha value is -5.02. The maximum absolute atomic E-state index is 11.5. The fourth-order valence-electron chi connectivity index (χ4n) is 4.28. The first-order chi connectivity index (χ1) is 20.5. The first kappa shape index (κ1) is 28.5. The summed E-state index contributed by atoms with van der Waals surface area (Å²) in [6, 6.07) is 21.1. The zero-order valence-corrected chi connectivity index (χ0v) is 22.8. The van der Waals surface area contributed by atoms with E-state index in [0.29, 0.717) is 33.2 Å². The number of hydrogen-bond donors (Lipinski definition) is 3. The second-order valence-electron chi connectivity index (χ2n) is 9.15. The van der Waals surface area contributed by atoms with E-state index in [0.717, 1.165) is 16.7 Å². The third kappa shape index (κ3) is 6.31. The number of aliphatic carboxylic acids is 1. The van der Waals surface area contributed by atoms with Crippen molar-refractivity contribution in [3.63, 3.8) is 0 Å². The molecule has 3 N–H and O–H groups in total. The van der Waals surface area contributed by atoms with Gasteiger partial charge in [-0.15, -0.1) is 0 Å². The molecule has 0 saturated heterocycles. The Kier molecular flexibility index (Phi) is 8.89. The topological polar surface area (TPSA) is 164 Å². The van der Waals surface area contributed by atoms with E-state index in [4.69, 9.17) is 25.7 Å². The van der Waals surface area contributed by atoms with E-state index in [1.165, 1.54) is 6.20 Å². The van der Waals surface area contributed by atoms with Crippen LogP contribution in [0.2, 0.25) is 5.02 Å². The summed E-state index contributed by atoms with van der Waals surface area (Å²) in [4.78, 5) is 15.4. The number of aliphatic hydroxyl groups is 1. The highest BCUT2D eigenvalue weighted by atomic mass is 35.5. The van der Waals surface area contributed by atoms with Gasteiger partial charge >= 0.3 is 5.97 Å². The van der Waals surface area contributed by atoms with E-state index in [-0.39, 0.29) is 31.0 Å². The molecule has 0 fully saturated rings. The summed E-state index contributed by atoms with van der Waals surface area (Å²) in [6.45, 7) is -0.500. The lowest BCUT2D eigenvalue weighted by atomic mass is 10.0. The second kappa shape index (κ2) is 13.1. The molecule has 0 aliphatic rings. The molecule has 2 aromatic heterocycles. The van der Waals surface area contributed by atoms with Crippen LogP contribution in [0.3, 0.4) is 0 Å². The number of nitrogens with one attached hydrogen (secondary N) is 1. The number of fused-ring (bicyclic) bond motifs is 1. The minimum absolute atomic E-state index is 0.0391. The Bertz CT molecular complexity index is 1750. The van der Waals surface area contributed by atoms with Crippen molar-refractivity contribution in [2.75, 3.05) is 6.61 Å². The van der Waals surface area contributed by atoms with Gasteiger partial charge in [0.25, 0.3) is 0 Å².